The quantitative estimate of drug-likeness (QED) is 0.395. The molecule has 0 bridgehead atoms. The highest BCUT2D eigenvalue weighted by Crippen LogP contribution is 2.41. The van der Waals surface area contributed by atoms with Crippen molar-refractivity contribution < 1.29 is 4.79 Å². The lowest BCUT2D eigenvalue weighted by atomic mass is 10.1. The molecule has 5 rings (SSSR count). The van der Waals surface area contributed by atoms with Gasteiger partial charge >= 0.3 is 0 Å². The maximum atomic E-state index is 12.9. The molecule has 0 aliphatic heterocycles. The fourth-order valence-electron chi connectivity index (χ4n) is 3.48. The number of aromatic nitrogens is 4. The molecule has 1 aromatic carbocycles. The molecule has 0 saturated heterocycles. The minimum absolute atomic E-state index is 0.0273. The van der Waals surface area contributed by atoms with Crippen LogP contribution in [-0.2, 0) is 4.79 Å². The van der Waals surface area contributed by atoms with E-state index in [2.05, 4.69) is 31.1 Å². The van der Waals surface area contributed by atoms with Gasteiger partial charge in [0.1, 0.15) is 0 Å². The van der Waals surface area contributed by atoms with E-state index < -0.39 is 0 Å². The number of carbonyl (C=O) groups is 1. The molecule has 31 heavy (non-hydrogen) atoms. The van der Waals surface area contributed by atoms with Gasteiger partial charge in [0.2, 0.25) is 5.91 Å². The van der Waals surface area contributed by atoms with Crippen molar-refractivity contribution in [2.45, 2.75) is 30.1 Å². The van der Waals surface area contributed by atoms with Crippen LogP contribution in [0.3, 0.4) is 0 Å². The maximum Gasteiger partial charge on any atom is 0.231 e. The van der Waals surface area contributed by atoms with Gasteiger partial charge < -0.3 is 5.32 Å². The van der Waals surface area contributed by atoms with Crippen LogP contribution >= 0.6 is 23.1 Å². The fourth-order valence-corrected chi connectivity index (χ4v) is 5.10. The molecule has 0 radical (unpaired) electrons. The first-order valence-electron chi connectivity index (χ1n) is 10.2. The third-order valence-corrected chi connectivity index (χ3v) is 6.97. The number of benzene rings is 1. The summed E-state index contributed by atoms with van der Waals surface area (Å²) in [7, 11) is 0. The predicted molar refractivity (Wildman–Crippen MR) is 123 cm³/mol. The molecule has 4 aromatic rings. The van der Waals surface area contributed by atoms with Gasteiger partial charge in [0.15, 0.2) is 11.0 Å². The van der Waals surface area contributed by atoms with Crippen LogP contribution in [0, 0.1) is 0 Å². The first-order chi connectivity index (χ1) is 15.3. The summed E-state index contributed by atoms with van der Waals surface area (Å²) in [6, 6.07) is 18.3. The zero-order valence-electron chi connectivity index (χ0n) is 16.7. The van der Waals surface area contributed by atoms with Gasteiger partial charge in [0, 0.05) is 28.9 Å². The van der Waals surface area contributed by atoms with E-state index in [-0.39, 0.29) is 17.7 Å². The molecule has 1 aliphatic carbocycles. The second kappa shape index (κ2) is 9.03. The highest BCUT2D eigenvalue weighted by atomic mass is 32.2. The van der Waals surface area contributed by atoms with Crippen LogP contribution in [0.25, 0.3) is 11.4 Å². The molecule has 6 nitrogen and oxygen atoms in total. The van der Waals surface area contributed by atoms with Crippen LogP contribution in [0.15, 0.2) is 77.5 Å². The van der Waals surface area contributed by atoms with Crippen molar-refractivity contribution in [2.75, 3.05) is 5.75 Å². The monoisotopic (exact) mass is 447 g/mol. The Hall–Kier alpha value is -2.97. The lowest BCUT2D eigenvalue weighted by Gasteiger charge is -2.18. The highest BCUT2D eigenvalue weighted by molar-refractivity contribution is 7.99. The summed E-state index contributed by atoms with van der Waals surface area (Å²) in [5.74, 6) is 1.08. The first kappa shape index (κ1) is 20.0. The van der Waals surface area contributed by atoms with Crippen molar-refractivity contribution in [2.24, 2.45) is 0 Å². The Morgan fingerprint density at radius 1 is 1.13 bits per heavy atom. The third-order valence-electron chi connectivity index (χ3n) is 5.09. The Bertz CT molecular complexity index is 1140. The first-order valence-corrected chi connectivity index (χ1v) is 12.0. The lowest BCUT2D eigenvalue weighted by Crippen LogP contribution is -2.30. The number of thioether (sulfide) groups is 1. The van der Waals surface area contributed by atoms with Gasteiger partial charge in [-0.2, -0.15) is 0 Å². The number of hydrogen-bond acceptors (Lipinski definition) is 6. The summed E-state index contributed by atoms with van der Waals surface area (Å²) in [6.07, 6.45) is 5.77. The highest BCUT2D eigenvalue weighted by Gasteiger charge is 2.30. The molecule has 1 amide bonds. The normalized spacial score (nSPS) is 14.3. The van der Waals surface area contributed by atoms with E-state index >= 15 is 0 Å². The van der Waals surface area contributed by atoms with Crippen LogP contribution in [0.5, 0.6) is 0 Å². The number of carbonyl (C=O) groups excluding carboxylic acids is 1. The Labute approximate surface area is 188 Å². The third kappa shape index (κ3) is 4.55. The molecule has 156 valence electrons. The van der Waals surface area contributed by atoms with Crippen LogP contribution in [0.1, 0.15) is 35.4 Å². The van der Waals surface area contributed by atoms with Gasteiger partial charge in [-0.25, -0.2) is 0 Å². The summed E-state index contributed by atoms with van der Waals surface area (Å²) in [4.78, 5) is 18.2. The maximum absolute atomic E-state index is 12.9. The molecule has 3 aromatic heterocycles. The van der Waals surface area contributed by atoms with Crippen molar-refractivity contribution in [3.63, 3.8) is 0 Å². The van der Waals surface area contributed by atoms with Gasteiger partial charge in [0.25, 0.3) is 0 Å². The Morgan fingerprint density at radius 2 is 2.00 bits per heavy atom. The molecule has 8 heteroatoms. The summed E-state index contributed by atoms with van der Waals surface area (Å²) in [6.45, 7) is 0. The SMILES string of the molecule is O=C(CSc1nnc(-c2cccnc2)n1C1CC1)N[C@H](c1ccccc1)c1cccs1. The van der Waals surface area contributed by atoms with E-state index in [1.54, 1.807) is 23.7 Å². The summed E-state index contributed by atoms with van der Waals surface area (Å²) in [5, 5.41) is 14.8. The number of pyridine rings is 1. The molecular weight excluding hydrogens is 426 g/mol. The van der Waals surface area contributed by atoms with Crippen LogP contribution in [0.4, 0.5) is 0 Å². The minimum atomic E-state index is -0.151. The average Bonchev–Trinajstić information content (AvgIpc) is 3.33. The lowest BCUT2D eigenvalue weighted by molar-refractivity contribution is -0.119. The molecule has 1 N–H and O–H groups in total. The molecule has 1 fully saturated rings. The molecule has 0 unspecified atom stereocenters. The summed E-state index contributed by atoms with van der Waals surface area (Å²) < 4.78 is 2.16. The number of thiophene rings is 1. The average molecular weight is 448 g/mol. The van der Waals surface area contributed by atoms with Crippen LogP contribution in [-0.4, -0.2) is 31.4 Å². The van der Waals surface area contributed by atoms with Gasteiger partial charge in [0.05, 0.1) is 11.8 Å². The Morgan fingerprint density at radius 3 is 2.71 bits per heavy atom. The number of rotatable bonds is 8. The van der Waals surface area contributed by atoms with Gasteiger partial charge in [-0.15, -0.1) is 21.5 Å². The molecule has 1 atom stereocenters. The smallest absolute Gasteiger partial charge is 0.231 e. The zero-order chi connectivity index (χ0) is 21.0. The number of nitrogens with one attached hydrogen (secondary N) is 1. The van der Waals surface area contributed by atoms with E-state index in [9.17, 15) is 4.79 Å². The van der Waals surface area contributed by atoms with Crippen molar-refractivity contribution in [3.8, 4) is 11.4 Å². The van der Waals surface area contributed by atoms with E-state index in [4.69, 9.17) is 0 Å². The van der Waals surface area contributed by atoms with Crippen LogP contribution < -0.4 is 5.32 Å². The second-order valence-corrected chi connectivity index (χ2v) is 9.29. The molecule has 3 heterocycles. The molecule has 0 spiro atoms. The minimum Gasteiger partial charge on any atom is -0.344 e. The summed E-state index contributed by atoms with van der Waals surface area (Å²) >= 11 is 3.08. The molecular formula is C23H21N5OS2. The predicted octanol–water partition coefficient (Wildman–Crippen LogP) is 4.73. The standard InChI is InChI=1S/C23H21N5OS2/c29-20(25-21(19-9-5-13-30-19)16-6-2-1-3-7-16)15-31-23-27-26-22(28(23)18-10-11-18)17-8-4-12-24-14-17/h1-9,12-14,18,21H,10-11,15H2,(H,25,29)/t21-/m1/s1. The second-order valence-electron chi connectivity index (χ2n) is 7.36. The van der Waals surface area contributed by atoms with E-state index in [0.29, 0.717) is 6.04 Å². The van der Waals surface area contributed by atoms with E-state index in [1.807, 2.05) is 53.9 Å². The van der Waals surface area contributed by atoms with E-state index in [0.717, 1.165) is 39.8 Å². The summed E-state index contributed by atoms with van der Waals surface area (Å²) in [5.41, 5.74) is 2.02. The Balaban J connectivity index is 1.31. The topological polar surface area (TPSA) is 72.7 Å². The van der Waals surface area contributed by atoms with Gasteiger partial charge in [-0.1, -0.05) is 48.2 Å². The fraction of sp³-hybridized carbons (Fsp3) is 0.217. The number of nitrogens with zero attached hydrogens (tertiary/aromatic N) is 4. The number of hydrogen-bond donors (Lipinski definition) is 1. The van der Waals surface area contributed by atoms with Gasteiger partial charge in [-0.05, 0) is 42.0 Å². The van der Waals surface area contributed by atoms with Crippen molar-refractivity contribution in [1.82, 2.24) is 25.1 Å². The van der Waals surface area contributed by atoms with Crippen LogP contribution in [0.2, 0.25) is 0 Å². The van der Waals surface area contributed by atoms with Crippen molar-refractivity contribution in [3.05, 3.63) is 82.8 Å². The van der Waals surface area contributed by atoms with Gasteiger partial charge in [-0.3, -0.25) is 14.3 Å². The number of amides is 1. The van der Waals surface area contributed by atoms with Crippen molar-refractivity contribution >= 4 is 29.0 Å². The zero-order valence-corrected chi connectivity index (χ0v) is 18.4. The van der Waals surface area contributed by atoms with Crippen molar-refractivity contribution in [1.29, 1.82) is 0 Å². The Kier molecular flexibility index (Phi) is 5.82. The molecule has 1 aliphatic rings. The largest absolute Gasteiger partial charge is 0.344 e. The molecule has 1 saturated carbocycles. The van der Waals surface area contributed by atoms with E-state index in [1.165, 1.54) is 11.8 Å².